The highest BCUT2D eigenvalue weighted by molar-refractivity contribution is 5.97. The van der Waals surface area contributed by atoms with Crippen LogP contribution in [0.1, 0.15) is 17.0 Å². The Bertz CT molecular complexity index is 996. The van der Waals surface area contributed by atoms with Gasteiger partial charge in [-0.3, -0.25) is 0 Å². The van der Waals surface area contributed by atoms with Crippen molar-refractivity contribution in [2.75, 3.05) is 32.9 Å². The molecule has 7 heteroatoms. The van der Waals surface area contributed by atoms with Gasteiger partial charge in [0, 0.05) is 17.7 Å². The lowest BCUT2D eigenvalue weighted by atomic mass is 9.81. The molecule has 0 saturated heterocycles. The van der Waals surface area contributed by atoms with E-state index in [1.165, 1.54) is 0 Å². The van der Waals surface area contributed by atoms with Crippen LogP contribution in [-0.2, 0) is 9.53 Å². The summed E-state index contributed by atoms with van der Waals surface area (Å²) >= 11 is 0. The summed E-state index contributed by atoms with van der Waals surface area (Å²) in [4.78, 5) is 12.5. The number of ether oxygens (including phenoxy) is 5. The Morgan fingerprint density at radius 1 is 1.00 bits per heavy atom. The van der Waals surface area contributed by atoms with E-state index in [-0.39, 0.29) is 25.3 Å². The zero-order chi connectivity index (χ0) is 18.5. The molecule has 1 N–H and O–H groups in total. The van der Waals surface area contributed by atoms with Gasteiger partial charge in [0.25, 0.3) is 0 Å². The second-order valence-electron chi connectivity index (χ2n) is 6.43. The fraction of sp³-hybridized carbons (Fsp3) is 0.250. The molecule has 0 spiro atoms. The number of anilines is 1. The molecule has 3 heterocycles. The molecule has 5 rings (SSSR count). The Hall–Kier alpha value is -3.35. The first-order chi connectivity index (χ1) is 13.2. The van der Waals surface area contributed by atoms with Crippen molar-refractivity contribution >= 4 is 11.7 Å². The third-order valence-electron chi connectivity index (χ3n) is 5.06. The molecule has 0 aromatic heterocycles. The second kappa shape index (κ2) is 5.84. The Kier molecular flexibility index (Phi) is 3.43. The maximum absolute atomic E-state index is 12.5. The van der Waals surface area contributed by atoms with E-state index in [1.54, 1.807) is 14.2 Å². The topological polar surface area (TPSA) is 75.3 Å². The van der Waals surface area contributed by atoms with Gasteiger partial charge in [0.15, 0.2) is 23.0 Å². The average molecular weight is 367 g/mol. The number of methoxy groups -OCH3 is 2. The quantitative estimate of drug-likeness (QED) is 0.836. The van der Waals surface area contributed by atoms with Crippen LogP contribution in [0.15, 0.2) is 41.6 Å². The molecule has 7 nitrogen and oxygen atoms in total. The zero-order valence-corrected chi connectivity index (χ0v) is 14.8. The fourth-order valence-electron chi connectivity index (χ4n) is 3.81. The van der Waals surface area contributed by atoms with Crippen LogP contribution < -0.4 is 24.3 Å². The number of rotatable bonds is 3. The highest BCUT2D eigenvalue weighted by Gasteiger charge is 2.39. The largest absolute Gasteiger partial charge is 0.493 e. The lowest BCUT2D eigenvalue weighted by Crippen LogP contribution is -2.20. The van der Waals surface area contributed by atoms with Crippen LogP contribution in [0.5, 0.6) is 23.0 Å². The van der Waals surface area contributed by atoms with E-state index in [4.69, 9.17) is 23.7 Å². The minimum Gasteiger partial charge on any atom is -0.493 e. The molecule has 0 aliphatic carbocycles. The Balaban J connectivity index is 1.71. The first-order valence-corrected chi connectivity index (χ1v) is 8.52. The van der Waals surface area contributed by atoms with Crippen LogP contribution in [0, 0.1) is 0 Å². The van der Waals surface area contributed by atoms with E-state index < -0.39 is 0 Å². The van der Waals surface area contributed by atoms with Crippen molar-refractivity contribution in [3.8, 4) is 23.0 Å². The van der Waals surface area contributed by atoms with Crippen molar-refractivity contribution in [2.24, 2.45) is 0 Å². The molecule has 0 fully saturated rings. The van der Waals surface area contributed by atoms with Crippen molar-refractivity contribution < 1.29 is 28.5 Å². The Morgan fingerprint density at radius 3 is 2.56 bits per heavy atom. The molecule has 27 heavy (non-hydrogen) atoms. The SMILES string of the molecule is COc1ccc(C2C3=C(COC3=O)Nc3cc4c(cc32)OCO4)cc1OC. The third kappa shape index (κ3) is 2.31. The first-order valence-electron chi connectivity index (χ1n) is 8.52. The van der Waals surface area contributed by atoms with Crippen LogP contribution in [0.3, 0.4) is 0 Å². The van der Waals surface area contributed by atoms with Gasteiger partial charge in [-0.15, -0.1) is 0 Å². The van der Waals surface area contributed by atoms with E-state index in [2.05, 4.69) is 5.32 Å². The molecule has 0 amide bonds. The van der Waals surface area contributed by atoms with E-state index in [1.807, 2.05) is 30.3 Å². The highest BCUT2D eigenvalue weighted by atomic mass is 16.7. The van der Waals surface area contributed by atoms with Gasteiger partial charge >= 0.3 is 5.97 Å². The number of carbonyl (C=O) groups excluding carboxylic acids is 1. The molecule has 0 saturated carbocycles. The van der Waals surface area contributed by atoms with Gasteiger partial charge in [0.2, 0.25) is 6.79 Å². The maximum atomic E-state index is 12.5. The first kappa shape index (κ1) is 15.9. The van der Waals surface area contributed by atoms with Crippen LogP contribution in [0.2, 0.25) is 0 Å². The number of esters is 1. The number of benzene rings is 2. The van der Waals surface area contributed by atoms with E-state index in [0.29, 0.717) is 28.6 Å². The molecule has 0 bridgehead atoms. The maximum Gasteiger partial charge on any atom is 0.337 e. The summed E-state index contributed by atoms with van der Waals surface area (Å²) in [7, 11) is 3.18. The van der Waals surface area contributed by atoms with Crippen molar-refractivity contribution in [2.45, 2.75) is 5.92 Å². The van der Waals surface area contributed by atoms with Gasteiger partial charge in [-0.05, 0) is 29.3 Å². The van der Waals surface area contributed by atoms with Crippen LogP contribution in [-0.4, -0.2) is 33.6 Å². The summed E-state index contributed by atoms with van der Waals surface area (Å²) in [6.45, 7) is 0.417. The summed E-state index contributed by atoms with van der Waals surface area (Å²) in [6.07, 6.45) is 0. The Morgan fingerprint density at radius 2 is 1.78 bits per heavy atom. The average Bonchev–Trinajstić information content (AvgIpc) is 3.30. The summed E-state index contributed by atoms with van der Waals surface area (Å²) in [5, 5.41) is 3.31. The van der Waals surface area contributed by atoms with E-state index in [9.17, 15) is 4.79 Å². The summed E-state index contributed by atoms with van der Waals surface area (Å²) in [6, 6.07) is 9.48. The Labute approximate surface area is 155 Å². The molecule has 1 atom stereocenters. The van der Waals surface area contributed by atoms with E-state index in [0.717, 1.165) is 22.5 Å². The van der Waals surface area contributed by atoms with Gasteiger partial charge in [-0.1, -0.05) is 6.07 Å². The van der Waals surface area contributed by atoms with Crippen molar-refractivity contribution in [1.29, 1.82) is 0 Å². The van der Waals surface area contributed by atoms with Gasteiger partial charge in [-0.25, -0.2) is 4.79 Å². The third-order valence-corrected chi connectivity index (χ3v) is 5.06. The summed E-state index contributed by atoms with van der Waals surface area (Å²) in [5.41, 5.74) is 4.07. The number of hydrogen-bond donors (Lipinski definition) is 1. The number of hydrogen-bond acceptors (Lipinski definition) is 7. The standard InChI is InChI=1S/C20H17NO6/c1-23-14-4-3-10(5-15(14)24-2)18-11-6-16-17(27-9-26-16)7-12(11)21-13-8-25-20(22)19(13)18/h3-7,18,21H,8-9H2,1-2H3. The lowest BCUT2D eigenvalue weighted by molar-refractivity contribution is -0.136. The number of fused-ring (bicyclic) bond motifs is 2. The molecule has 3 aliphatic heterocycles. The number of carbonyl (C=O) groups is 1. The lowest BCUT2D eigenvalue weighted by Gasteiger charge is -2.27. The van der Waals surface area contributed by atoms with Gasteiger partial charge in [0.05, 0.1) is 25.5 Å². The van der Waals surface area contributed by atoms with Crippen molar-refractivity contribution in [3.63, 3.8) is 0 Å². The summed E-state index contributed by atoms with van der Waals surface area (Å²) < 4.78 is 27.1. The minimum atomic E-state index is -0.319. The molecule has 3 aliphatic rings. The zero-order valence-electron chi connectivity index (χ0n) is 14.8. The van der Waals surface area contributed by atoms with E-state index >= 15 is 0 Å². The minimum absolute atomic E-state index is 0.189. The molecule has 0 radical (unpaired) electrons. The molecule has 1 unspecified atom stereocenters. The molecular weight excluding hydrogens is 350 g/mol. The molecular formula is C20H17NO6. The monoisotopic (exact) mass is 367 g/mol. The highest BCUT2D eigenvalue weighted by Crippen LogP contribution is 2.49. The van der Waals surface area contributed by atoms with Gasteiger partial charge in [0.1, 0.15) is 6.61 Å². The smallest absolute Gasteiger partial charge is 0.337 e. The van der Waals surface area contributed by atoms with Crippen molar-refractivity contribution in [1.82, 2.24) is 0 Å². The number of nitrogens with one attached hydrogen (secondary N) is 1. The predicted octanol–water partition coefficient (Wildman–Crippen LogP) is 2.80. The van der Waals surface area contributed by atoms with Gasteiger partial charge < -0.3 is 29.0 Å². The molecule has 2 aromatic carbocycles. The van der Waals surface area contributed by atoms with Crippen LogP contribution in [0.4, 0.5) is 5.69 Å². The molecule has 2 aromatic rings. The van der Waals surface area contributed by atoms with Crippen molar-refractivity contribution in [3.05, 3.63) is 52.7 Å². The van der Waals surface area contributed by atoms with Crippen LogP contribution >= 0.6 is 0 Å². The number of cyclic esters (lactones) is 1. The van der Waals surface area contributed by atoms with Crippen LogP contribution in [0.25, 0.3) is 0 Å². The second-order valence-corrected chi connectivity index (χ2v) is 6.43. The predicted molar refractivity (Wildman–Crippen MR) is 95.6 cm³/mol. The summed E-state index contributed by atoms with van der Waals surface area (Å²) in [5.74, 6) is 1.95. The fourth-order valence-corrected chi connectivity index (χ4v) is 3.81. The normalized spacial score (nSPS) is 19.2. The molecule has 138 valence electrons. The van der Waals surface area contributed by atoms with Gasteiger partial charge in [-0.2, -0.15) is 0 Å².